The molecule has 2 aromatic rings. The summed E-state index contributed by atoms with van der Waals surface area (Å²) in [6, 6.07) is 11.8. The van der Waals surface area contributed by atoms with E-state index in [0.717, 1.165) is 14.5 Å². The van der Waals surface area contributed by atoms with Gasteiger partial charge in [0.2, 0.25) is 0 Å². The lowest BCUT2D eigenvalue weighted by atomic mass is 10.2. The molecule has 0 fully saturated rings. The molecule has 5 N–H and O–H groups in total. The number of halogens is 2. The smallest absolute Gasteiger partial charge is 0.521 e. The molecule has 1 unspecified atom stereocenters. The Balaban J connectivity index is 0.00000154. The number of hydrogen-bond donors (Lipinski definition) is 3. The third kappa shape index (κ3) is 11.3. The molecule has 0 radical (unpaired) electrons. The first-order chi connectivity index (χ1) is 15.0. The summed E-state index contributed by atoms with van der Waals surface area (Å²) in [5.41, 5.74) is 11.5. The molecule has 0 aliphatic carbocycles. The van der Waals surface area contributed by atoms with E-state index in [2.05, 4.69) is 41.5 Å². The molecule has 0 aliphatic rings. The largest absolute Gasteiger partial charge is 0.565 e. The Labute approximate surface area is 204 Å². The number of ether oxygens (including phenoxy) is 1. The topological polar surface area (TPSA) is 187 Å². The molecule has 0 heterocycles. The molecule has 0 bridgehead atoms. The molecule has 0 saturated heterocycles. The summed E-state index contributed by atoms with van der Waals surface area (Å²) < 4.78 is 48.0. The van der Waals surface area contributed by atoms with Crippen LogP contribution in [-0.4, -0.2) is 32.8 Å². The lowest BCUT2D eigenvalue weighted by Crippen LogP contribution is -2.22. The number of guanidine groups is 1. The molecule has 2 rings (SSSR count). The molecule has 11 nitrogen and oxygen atoms in total. The molecule has 0 aliphatic heterocycles. The van der Waals surface area contributed by atoms with Crippen LogP contribution in [0.1, 0.15) is 13.4 Å². The summed E-state index contributed by atoms with van der Waals surface area (Å²) in [5.74, 6) is 0.670. The first-order valence-corrected chi connectivity index (χ1v) is 12.7. The van der Waals surface area contributed by atoms with Gasteiger partial charge in [-0.1, -0.05) is 22.0 Å². The Morgan fingerprint density at radius 1 is 1.16 bits per heavy atom. The highest BCUT2D eigenvalue weighted by atomic mass is 79.9. The van der Waals surface area contributed by atoms with Crippen molar-refractivity contribution >= 4 is 56.2 Å². The lowest BCUT2D eigenvalue weighted by molar-refractivity contribution is -0.244. The van der Waals surface area contributed by atoms with Crippen molar-refractivity contribution in [2.75, 3.05) is 13.2 Å². The van der Waals surface area contributed by atoms with Crippen molar-refractivity contribution in [3.8, 4) is 5.75 Å². The van der Waals surface area contributed by atoms with E-state index in [1.165, 1.54) is 12.1 Å². The summed E-state index contributed by atoms with van der Waals surface area (Å²) in [7, 11) is -6.81. The fourth-order valence-corrected chi connectivity index (χ4v) is 3.77. The second kappa shape index (κ2) is 14.5. The van der Waals surface area contributed by atoms with Crippen LogP contribution in [0, 0.1) is 0 Å². The average Bonchev–Trinajstić information content (AvgIpc) is 2.74. The zero-order chi connectivity index (χ0) is 24.1. The maximum absolute atomic E-state index is 12.1. The van der Waals surface area contributed by atoms with E-state index in [1.54, 1.807) is 18.2 Å². The van der Waals surface area contributed by atoms with Crippen LogP contribution in [0.25, 0.3) is 0 Å². The maximum Gasteiger partial charge on any atom is 0.521 e. The van der Waals surface area contributed by atoms with Gasteiger partial charge in [-0.05, 0) is 62.5 Å². The zero-order valence-corrected chi connectivity index (χ0v) is 21.3. The van der Waals surface area contributed by atoms with Gasteiger partial charge in [-0.25, -0.2) is 10.2 Å². The first kappa shape index (κ1) is 28.4. The molecule has 32 heavy (non-hydrogen) atoms. The van der Waals surface area contributed by atoms with Crippen LogP contribution in [0.3, 0.4) is 0 Å². The van der Waals surface area contributed by atoms with Crippen LogP contribution in [0.15, 0.2) is 61.3 Å². The monoisotopic (exact) mass is 617 g/mol. The third-order valence-corrected chi connectivity index (χ3v) is 6.00. The van der Waals surface area contributed by atoms with Gasteiger partial charge in [0.1, 0.15) is 5.75 Å². The van der Waals surface area contributed by atoms with Crippen molar-refractivity contribution in [1.29, 1.82) is 0 Å². The fourth-order valence-electron chi connectivity index (χ4n) is 2.02. The third-order valence-electron chi connectivity index (χ3n) is 3.39. The SMILES string of the molecule is NC(N)=NCc1ccc(OCCCOS(=O)(=O)c2ccc(Br)cc2)c(Br)c1.O=[P+]([O-])OO.[HH]. The lowest BCUT2D eigenvalue weighted by Gasteiger charge is -2.10. The number of nitrogens with zero attached hydrogens (tertiary/aromatic N) is 1. The first-order valence-electron chi connectivity index (χ1n) is 8.62. The van der Waals surface area contributed by atoms with Crippen LogP contribution >= 0.6 is 40.1 Å². The molecule has 15 heteroatoms. The Bertz CT molecular complexity index is 1030. The molecule has 0 aromatic heterocycles. The van der Waals surface area contributed by atoms with Crippen LogP contribution in [0.4, 0.5) is 0 Å². The van der Waals surface area contributed by atoms with E-state index in [9.17, 15) is 8.42 Å². The number of hydrogen-bond acceptors (Lipinski definition) is 9. The van der Waals surface area contributed by atoms with Gasteiger partial charge in [-0.2, -0.15) is 8.42 Å². The van der Waals surface area contributed by atoms with E-state index in [1.807, 2.05) is 12.1 Å². The second-order valence-electron chi connectivity index (χ2n) is 5.74. The highest BCUT2D eigenvalue weighted by molar-refractivity contribution is 9.10. The molecule has 0 spiro atoms. The van der Waals surface area contributed by atoms with Crippen LogP contribution < -0.4 is 21.1 Å². The van der Waals surface area contributed by atoms with Crippen molar-refractivity contribution in [2.24, 2.45) is 16.5 Å². The molecule has 178 valence electrons. The van der Waals surface area contributed by atoms with Crippen LogP contribution in [0.5, 0.6) is 5.75 Å². The van der Waals surface area contributed by atoms with Crippen molar-refractivity contribution < 1.29 is 38.2 Å². The van der Waals surface area contributed by atoms with Crippen molar-refractivity contribution in [2.45, 2.75) is 17.9 Å². The average molecular weight is 619 g/mol. The maximum atomic E-state index is 12.1. The molecule has 1 atom stereocenters. The van der Waals surface area contributed by atoms with Crippen LogP contribution in [0.2, 0.25) is 0 Å². The van der Waals surface area contributed by atoms with Gasteiger partial charge in [0, 0.05) is 17.0 Å². The van der Waals surface area contributed by atoms with E-state index >= 15 is 0 Å². The summed E-state index contributed by atoms with van der Waals surface area (Å²) in [6.45, 7) is 0.712. The molecular formula is C17H22Br2N3O8PS. The highest BCUT2D eigenvalue weighted by Gasteiger charge is 2.14. The second-order valence-corrected chi connectivity index (χ2v) is 9.74. The minimum absolute atomic E-state index is 0. The summed E-state index contributed by atoms with van der Waals surface area (Å²) in [4.78, 5) is 13.0. The summed E-state index contributed by atoms with van der Waals surface area (Å²) in [6.07, 6.45) is 0.415. The van der Waals surface area contributed by atoms with Gasteiger partial charge in [0.25, 0.3) is 10.1 Å². The molecule has 0 saturated carbocycles. The number of rotatable bonds is 10. The minimum Gasteiger partial charge on any atom is -0.565 e. The molecule has 0 amide bonds. The van der Waals surface area contributed by atoms with Gasteiger partial charge in [-0.3, -0.25) is 4.18 Å². The van der Waals surface area contributed by atoms with Gasteiger partial charge in [-0.15, -0.1) is 0 Å². The molecule has 2 aromatic carbocycles. The molecular weight excluding hydrogens is 597 g/mol. The van der Waals surface area contributed by atoms with E-state index in [-0.39, 0.29) is 18.9 Å². The predicted octanol–water partition coefficient (Wildman–Crippen LogP) is 2.90. The van der Waals surface area contributed by atoms with E-state index in [4.69, 9.17) is 35.1 Å². The van der Waals surface area contributed by atoms with E-state index < -0.39 is 18.4 Å². The minimum atomic E-state index is -3.77. The van der Waals surface area contributed by atoms with E-state index in [0.29, 0.717) is 25.3 Å². The zero-order valence-electron chi connectivity index (χ0n) is 16.4. The Morgan fingerprint density at radius 2 is 1.78 bits per heavy atom. The summed E-state index contributed by atoms with van der Waals surface area (Å²) >= 11 is 6.68. The number of aliphatic imine (C=N–C) groups is 1. The summed E-state index contributed by atoms with van der Waals surface area (Å²) in [5, 5.41) is 7.05. The number of benzene rings is 2. The van der Waals surface area contributed by atoms with Crippen molar-refractivity contribution in [3.63, 3.8) is 0 Å². The Hall–Kier alpha value is -1.64. The van der Waals surface area contributed by atoms with Crippen molar-refractivity contribution in [1.82, 2.24) is 0 Å². The Morgan fingerprint density at radius 3 is 2.31 bits per heavy atom. The fraction of sp³-hybridized carbons (Fsp3) is 0.235. The van der Waals surface area contributed by atoms with Gasteiger partial charge >= 0.3 is 8.25 Å². The van der Waals surface area contributed by atoms with Gasteiger partial charge in [0.15, 0.2) is 5.96 Å². The van der Waals surface area contributed by atoms with Crippen LogP contribution in [-0.2, 0) is 30.1 Å². The standard InChI is InChI=1S/C17H19Br2N3O4S.HO4P.H2/c18-13-3-5-14(6-4-13)27(23,24)26-9-1-8-25-16-7-2-12(10-15(16)19)11-22-17(20)21;1-4-5(2)3;/h2-7,10H,1,8-9,11H2,(H4,20,21,22);1H;1H. The van der Waals surface area contributed by atoms with Crippen molar-refractivity contribution in [3.05, 3.63) is 57.0 Å². The van der Waals surface area contributed by atoms with Gasteiger partial charge in [0.05, 0.1) is 29.1 Å². The normalized spacial score (nSPS) is 11.2. The Kier molecular flexibility index (Phi) is 12.9. The van der Waals surface area contributed by atoms with Gasteiger partial charge < -0.3 is 21.1 Å². The predicted molar refractivity (Wildman–Crippen MR) is 124 cm³/mol. The highest BCUT2D eigenvalue weighted by Crippen LogP contribution is 2.26. The quantitative estimate of drug-likeness (QED) is 0.0679. The number of nitrogens with two attached hydrogens (primary N) is 2.